The smallest absolute Gasteiger partial charge is 0.407 e. The van der Waals surface area contributed by atoms with Crippen molar-refractivity contribution in [1.29, 1.82) is 0 Å². The molecule has 2 N–H and O–H groups in total. The normalized spacial score (nSPS) is 19.2. The van der Waals surface area contributed by atoms with E-state index < -0.39 is 6.09 Å². The minimum atomic E-state index is -0.655. The molecule has 0 bridgehead atoms. The summed E-state index contributed by atoms with van der Waals surface area (Å²) < 4.78 is 9.62. The van der Waals surface area contributed by atoms with Crippen molar-refractivity contribution in [2.75, 3.05) is 33.9 Å². The molecule has 2 rings (SSSR count). The number of ether oxygens (including phenoxy) is 2. The van der Waals surface area contributed by atoms with Gasteiger partial charge >= 0.3 is 6.09 Å². The molecule has 3 amide bonds. The molecule has 0 aliphatic carbocycles. The van der Waals surface area contributed by atoms with Crippen LogP contribution in [0.1, 0.15) is 18.4 Å². The number of likely N-dealkylation sites (tertiary alicyclic amines) is 1. The van der Waals surface area contributed by atoms with Crippen molar-refractivity contribution in [1.82, 2.24) is 15.5 Å². The van der Waals surface area contributed by atoms with Crippen molar-refractivity contribution in [2.24, 2.45) is 0 Å². The molecule has 1 aliphatic heterocycles. The van der Waals surface area contributed by atoms with Gasteiger partial charge in [-0.2, -0.15) is 0 Å². The fourth-order valence-electron chi connectivity index (χ4n) is 2.94. The summed E-state index contributed by atoms with van der Waals surface area (Å²) >= 11 is 0. The van der Waals surface area contributed by atoms with Gasteiger partial charge in [0.25, 0.3) is 0 Å². The third kappa shape index (κ3) is 4.85. The molecule has 2 atom stereocenters. The van der Waals surface area contributed by atoms with E-state index in [4.69, 9.17) is 4.74 Å². The average molecular weight is 349 g/mol. The highest BCUT2D eigenvalue weighted by molar-refractivity contribution is 5.83. The van der Waals surface area contributed by atoms with Crippen LogP contribution < -0.4 is 15.4 Å². The van der Waals surface area contributed by atoms with E-state index in [9.17, 15) is 14.4 Å². The molecule has 8 nitrogen and oxygen atoms in total. The maximum absolute atomic E-state index is 12.3. The van der Waals surface area contributed by atoms with Crippen molar-refractivity contribution in [2.45, 2.75) is 18.9 Å². The molecule has 136 valence electrons. The number of benzene rings is 1. The highest BCUT2D eigenvalue weighted by Gasteiger charge is 2.36. The van der Waals surface area contributed by atoms with Crippen LogP contribution in [0.2, 0.25) is 0 Å². The number of carbonyl (C=O) groups excluding carboxylic acids is 3. The van der Waals surface area contributed by atoms with E-state index >= 15 is 0 Å². The third-order valence-corrected chi connectivity index (χ3v) is 4.17. The van der Waals surface area contributed by atoms with Gasteiger partial charge in [-0.3, -0.25) is 9.59 Å². The van der Waals surface area contributed by atoms with Crippen molar-refractivity contribution in [3.05, 3.63) is 29.8 Å². The van der Waals surface area contributed by atoms with Gasteiger partial charge in [-0.05, 0) is 17.7 Å². The van der Waals surface area contributed by atoms with Crippen molar-refractivity contribution < 1.29 is 23.9 Å². The van der Waals surface area contributed by atoms with E-state index in [1.54, 1.807) is 12.0 Å². The Kier molecular flexibility index (Phi) is 6.21. The lowest BCUT2D eigenvalue weighted by atomic mass is 9.94. The lowest BCUT2D eigenvalue weighted by Crippen LogP contribution is -2.42. The Bertz CT molecular complexity index is 632. The van der Waals surface area contributed by atoms with Crippen LogP contribution in [-0.2, 0) is 14.3 Å². The Hall–Kier alpha value is -2.77. The van der Waals surface area contributed by atoms with Crippen molar-refractivity contribution in [3.63, 3.8) is 0 Å². The minimum absolute atomic E-state index is 0.0307. The summed E-state index contributed by atoms with van der Waals surface area (Å²) in [6, 6.07) is 7.37. The SMILES string of the molecule is COC(=O)NCC(=O)N1C[C@@H](NC(C)=O)[C@H](c2ccc(OC)cc2)C1. The number of methoxy groups -OCH3 is 2. The molecule has 25 heavy (non-hydrogen) atoms. The number of amides is 3. The van der Waals surface area contributed by atoms with Crippen LogP contribution in [0.25, 0.3) is 0 Å². The topological polar surface area (TPSA) is 97.0 Å². The van der Waals surface area contributed by atoms with E-state index in [1.165, 1.54) is 14.0 Å². The summed E-state index contributed by atoms with van der Waals surface area (Å²) in [5.74, 6) is 0.340. The van der Waals surface area contributed by atoms with E-state index in [1.807, 2.05) is 24.3 Å². The Morgan fingerprint density at radius 2 is 1.84 bits per heavy atom. The molecule has 1 fully saturated rings. The fourth-order valence-corrected chi connectivity index (χ4v) is 2.94. The summed E-state index contributed by atoms with van der Waals surface area (Å²) in [5, 5.41) is 5.28. The average Bonchev–Trinajstić information content (AvgIpc) is 3.02. The Labute approximate surface area is 146 Å². The molecule has 0 radical (unpaired) electrons. The van der Waals surface area contributed by atoms with Gasteiger partial charge in [0.05, 0.1) is 20.3 Å². The maximum Gasteiger partial charge on any atom is 0.407 e. The van der Waals surface area contributed by atoms with Gasteiger partial charge in [-0.15, -0.1) is 0 Å². The van der Waals surface area contributed by atoms with Gasteiger partial charge in [-0.25, -0.2) is 4.79 Å². The number of nitrogens with one attached hydrogen (secondary N) is 2. The van der Waals surface area contributed by atoms with Gasteiger partial charge in [0, 0.05) is 25.9 Å². The molecule has 8 heteroatoms. The molecule has 0 aromatic heterocycles. The number of nitrogens with zero attached hydrogens (tertiary/aromatic N) is 1. The lowest BCUT2D eigenvalue weighted by Gasteiger charge is -2.19. The van der Waals surface area contributed by atoms with Crippen LogP contribution in [0, 0.1) is 0 Å². The summed E-state index contributed by atoms with van der Waals surface area (Å²) in [6.07, 6.45) is -0.655. The van der Waals surface area contributed by atoms with E-state index in [0.717, 1.165) is 11.3 Å². The largest absolute Gasteiger partial charge is 0.497 e. The second-order valence-corrected chi connectivity index (χ2v) is 5.83. The first-order valence-electron chi connectivity index (χ1n) is 7.95. The number of hydrogen-bond donors (Lipinski definition) is 2. The van der Waals surface area contributed by atoms with Crippen molar-refractivity contribution >= 4 is 17.9 Å². The highest BCUT2D eigenvalue weighted by Crippen LogP contribution is 2.29. The predicted octanol–water partition coefficient (Wildman–Crippen LogP) is 0.482. The first-order chi connectivity index (χ1) is 11.9. The Balaban J connectivity index is 2.09. The van der Waals surface area contributed by atoms with Crippen LogP contribution in [0.5, 0.6) is 5.75 Å². The van der Waals surface area contributed by atoms with Gasteiger partial charge in [0.1, 0.15) is 12.3 Å². The molecule has 0 unspecified atom stereocenters. The second-order valence-electron chi connectivity index (χ2n) is 5.83. The third-order valence-electron chi connectivity index (χ3n) is 4.17. The summed E-state index contributed by atoms with van der Waals surface area (Å²) in [7, 11) is 2.83. The monoisotopic (exact) mass is 349 g/mol. The molecule has 1 aromatic rings. The Morgan fingerprint density at radius 1 is 1.16 bits per heavy atom. The molecule has 1 heterocycles. The molecule has 1 saturated heterocycles. The van der Waals surface area contributed by atoms with Gasteiger partial charge in [0.2, 0.25) is 11.8 Å². The second kappa shape index (κ2) is 8.36. The molecule has 1 aliphatic rings. The van der Waals surface area contributed by atoms with Crippen LogP contribution in [0.3, 0.4) is 0 Å². The van der Waals surface area contributed by atoms with Crippen LogP contribution in [-0.4, -0.2) is 62.7 Å². The Morgan fingerprint density at radius 3 is 2.40 bits per heavy atom. The number of rotatable bonds is 5. The van der Waals surface area contributed by atoms with E-state index in [0.29, 0.717) is 13.1 Å². The zero-order valence-corrected chi connectivity index (χ0v) is 14.6. The highest BCUT2D eigenvalue weighted by atomic mass is 16.5. The van der Waals surface area contributed by atoms with Crippen LogP contribution in [0.4, 0.5) is 4.79 Å². The number of hydrogen-bond acceptors (Lipinski definition) is 5. The van der Waals surface area contributed by atoms with Gasteiger partial charge in [-0.1, -0.05) is 12.1 Å². The summed E-state index contributed by atoms with van der Waals surface area (Å²) in [5.41, 5.74) is 1.01. The fraction of sp³-hybridized carbons (Fsp3) is 0.471. The zero-order valence-electron chi connectivity index (χ0n) is 14.6. The van der Waals surface area contributed by atoms with Crippen LogP contribution in [0.15, 0.2) is 24.3 Å². The lowest BCUT2D eigenvalue weighted by molar-refractivity contribution is -0.129. The first kappa shape index (κ1) is 18.6. The molecular formula is C17H23N3O5. The van der Waals surface area contributed by atoms with Gasteiger partial charge < -0.3 is 25.0 Å². The standard InChI is InChI=1S/C17H23N3O5/c1-11(21)19-15-10-20(16(22)8-18-17(23)25-3)9-14(15)12-4-6-13(24-2)7-5-12/h4-7,14-15H,8-10H2,1-3H3,(H,18,23)(H,19,21)/t14-,15+/m0/s1. The minimum Gasteiger partial charge on any atom is -0.497 e. The maximum atomic E-state index is 12.3. The predicted molar refractivity (Wildman–Crippen MR) is 90.3 cm³/mol. The number of alkyl carbamates (subject to hydrolysis) is 1. The molecule has 1 aromatic carbocycles. The van der Waals surface area contributed by atoms with Gasteiger partial charge in [0.15, 0.2) is 0 Å². The van der Waals surface area contributed by atoms with Crippen molar-refractivity contribution in [3.8, 4) is 5.75 Å². The zero-order chi connectivity index (χ0) is 18.4. The molecule has 0 spiro atoms. The quantitative estimate of drug-likeness (QED) is 0.806. The molecule has 0 saturated carbocycles. The summed E-state index contributed by atoms with van der Waals surface area (Å²) in [6.45, 7) is 2.15. The first-order valence-corrected chi connectivity index (χ1v) is 7.95. The molecular weight excluding hydrogens is 326 g/mol. The van der Waals surface area contributed by atoms with E-state index in [-0.39, 0.29) is 30.3 Å². The number of carbonyl (C=O) groups is 3. The van der Waals surface area contributed by atoms with Crippen LogP contribution >= 0.6 is 0 Å². The summed E-state index contributed by atoms with van der Waals surface area (Å²) in [4.78, 5) is 36.5. The van der Waals surface area contributed by atoms with E-state index in [2.05, 4.69) is 15.4 Å².